The highest BCUT2D eigenvalue weighted by Crippen LogP contribution is 2.46. The Morgan fingerprint density at radius 3 is 2.21 bits per heavy atom. The molecule has 1 aliphatic heterocycles. The van der Waals surface area contributed by atoms with Gasteiger partial charge in [-0.3, -0.25) is 0 Å². The Kier molecular flexibility index (Phi) is 4.37. The van der Waals surface area contributed by atoms with Gasteiger partial charge in [-0.15, -0.1) is 0 Å². The van der Waals surface area contributed by atoms with E-state index in [4.69, 9.17) is 4.74 Å². The summed E-state index contributed by atoms with van der Waals surface area (Å²) in [6.07, 6.45) is -0.168. The van der Waals surface area contributed by atoms with Crippen molar-refractivity contribution in [1.29, 1.82) is 0 Å². The number of hydrogen-bond donors (Lipinski definition) is 1. The Bertz CT molecular complexity index is 613. The molecule has 2 fully saturated rings. The van der Waals surface area contributed by atoms with Crippen molar-refractivity contribution < 1.29 is 9.53 Å². The quantitative estimate of drug-likeness (QED) is 0.921. The molecule has 1 saturated heterocycles. The Morgan fingerprint density at radius 2 is 1.71 bits per heavy atom. The fourth-order valence-corrected chi connectivity index (χ4v) is 4.01. The zero-order chi connectivity index (χ0) is 17.6. The van der Waals surface area contributed by atoms with Crippen LogP contribution in [-0.2, 0) is 11.3 Å². The van der Waals surface area contributed by atoms with Gasteiger partial charge in [0.15, 0.2) is 0 Å². The minimum Gasteiger partial charge on any atom is -0.444 e. The van der Waals surface area contributed by atoms with Crippen molar-refractivity contribution in [3.8, 4) is 0 Å². The van der Waals surface area contributed by atoms with Crippen LogP contribution in [0.15, 0.2) is 12.1 Å². The van der Waals surface area contributed by atoms with Gasteiger partial charge in [0.2, 0.25) is 0 Å². The average molecular weight is 330 g/mol. The molecule has 1 amide bonds. The summed E-state index contributed by atoms with van der Waals surface area (Å²) in [6, 6.07) is 5.05. The zero-order valence-corrected chi connectivity index (χ0v) is 15.8. The van der Waals surface area contributed by atoms with Gasteiger partial charge >= 0.3 is 6.09 Å². The monoisotopic (exact) mass is 330 g/mol. The first-order valence-corrected chi connectivity index (χ1v) is 8.94. The molecule has 1 heterocycles. The molecule has 2 unspecified atom stereocenters. The van der Waals surface area contributed by atoms with E-state index < -0.39 is 5.60 Å². The molecule has 1 N–H and O–H groups in total. The molecule has 2 aliphatic rings. The highest BCUT2D eigenvalue weighted by Gasteiger charge is 2.56. The molecule has 1 aromatic rings. The summed E-state index contributed by atoms with van der Waals surface area (Å²) in [5, 5.41) is 3.70. The number of nitrogens with one attached hydrogen (secondary N) is 1. The summed E-state index contributed by atoms with van der Waals surface area (Å²) < 4.78 is 5.46. The number of rotatable bonds is 3. The lowest BCUT2D eigenvalue weighted by atomic mass is 10.00. The molecule has 2 atom stereocenters. The Morgan fingerprint density at radius 1 is 1.17 bits per heavy atom. The molecular weight excluding hydrogens is 300 g/mol. The molecule has 3 rings (SSSR count). The van der Waals surface area contributed by atoms with E-state index in [0.29, 0.717) is 17.9 Å². The first-order chi connectivity index (χ1) is 11.2. The lowest BCUT2D eigenvalue weighted by Gasteiger charge is -2.26. The van der Waals surface area contributed by atoms with Crippen molar-refractivity contribution >= 4 is 6.09 Å². The van der Waals surface area contributed by atoms with E-state index in [1.165, 1.54) is 22.3 Å². The third kappa shape index (κ3) is 3.59. The van der Waals surface area contributed by atoms with Crippen molar-refractivity contribution in [2.24, 2.45) is 11.8 Å². The fourth-order valence-electron chi connectivity index (χ4n) is 4.01. The number of aryl methyl sites for hydroxylation is 3. The maximum absolute atomic E-state index is 12.1. The average Bonchev–Trinajstić information content (AvgIpc) is 2.88. The van der Waals surface area contributed by atoms with Gasteiger partial charge in [-0.25, -0.2) is 4.79 Å². The number of carbonyl (C=O) groups excluding carboxylic acids is 1. The molecule has 0 aromatic heterocycles. The van der Waals surface area contributed by atoms with Gasteiger partial charge in [0, 0.05) is 25.7 Å². The summed E-state index contributed by atoms with van der Waals surface area (Å²) >= 11 is 0. The van der Waals surface area contributed by atoms with E-state index in [1.807, 2.05) is 25.7 Å². The molecule has 1 aliphatic carbocycles. The van der Waals surface area contributed by atoms with E-state index in [1.54, 1.807) is 0 Å². The number of nitrogens with zero attached hydrogens (tertiary/aromatic N) is 1. The molecule has 0 radical (unpaired) electrons. The van der Waals surface area contributed by atoms with Gasteiger partial charge in [-0.05, 0) is 70.1 Å². The van der Waals surface area contributed by atoms with Gasteiger partial charge in [0.25, 0.3) is 0 Å². The number of ether oxygens (including phenoxy) is 1. The minimum atomic E-state index is -0.415. The molecule has 0 spiro atoms. The van der Waals surface area contributed by atoms with E-state index in [-0.39, 0.29) is 6.09 Å². The number of amides is 1. The Hall–Kier alpha value is -1.55. The topological polar surface area (TPSA) is 41.6 Å². The standard InChI is InChI=1S/C20H30N2O2/c1-12-7-13(2)15(14(3)8-12)9-21-18-16-10-22(11-17(16)18)19(23)24-20(4,5)6/h7-8,16-18,21H,9-11H2,1-6H3. The largest absolute Gasteiger partial charge is 0.444 e. The molecule has 24 heavy (non-hydrogen) atoms. The van der Waals surface area contributed by atoms with Gasteiger partial charge in [0.1, 0.15) is 5.60 Å². The zero-order valence-electron chi connectivity index (χ0n) is 15.8. The summed E-state index contributed by atoms with van der Waals surface area (Å²) in [5.41, 5.74) is 5.05. The Balaban J connectivity index is 1.50. The van der Waals surface area contributed by atoms with Gasteiger partial charge in [-0.2, -0.15) is 0 Å². The van der Waals surface area contributed by atoms with Gasteiger partial charge < -0.3 is 15.0 Å². The Labute approximate surface area is 145 Å². The predicted octanol–water partition coefficient (Wildman–Crippen LogP) is 3.57. The van der Waals surface area contributed by atoms with Crippen LogP contribution in [0, 0.1) is 32.6 Å². The van der Waals surface area contributed by atoms with Crippen LogP contribution in [-0.4, -0.2) is 35.7 Å². The van der Waals surface area contributed by atoms with E-state index >= 15 is 0 Å². The first kappa shape index (κ1) is 17.3. The molecule has 4 heteroatoms. The van der Waals surface area contributed by atoms with Crippen molar-refractivity contribution in [1.82, 2.24) is 10.2 Å². The number of hydrogen-bond acceptors (Lipinski definition) is 3. The minimum absolute atomic E-state index is 0.168. The van der Waals surface area contributed by atoms with E-state index in [2.05, 4.69) is 38.2 Å². The predicted molar refractivity (Wildman–Crippen MR) is 96.1 cm³/mol. The normalized spacial score (nSPS) is 25.6. The molecule has 132 valence electrons. The second-order valence-electron chi connectivity index (χ2n) is 8.50. The van der Waals surface area contributed by atoms with Crippen molar-refractivity contribution in [2.75, 3.05) is 13.1 Å². The highest BCUT2D eigenvalue weighted by molar-refractivity contribution is 5.69. The SMILES string of the molecule is Cc1cc(C)c(CNC2C3CN(C(=O)OC(C)(C)C)CC32)c(C)c1. The lowest BCUT2D eigenvalue weighted by molar-refractivity contribution is 0.0269. The molecular formula is C20H30N2O2. The maximum atomic E-state index is 12.1. The van der Waals surface area contributed by atoms with Gasteiger partial charge in [-0.1, -0.05) is 17.7 Å². The maximum Gasteiger partial charge on any atom is 0.410 e. The number of fused-ring (bicyclic) bond motifs is 1. The van der Waals surface area contributed by atoms with Crippen LogP contribution in [0.1, 0.15) is 43.0 Å². The van der Waals surface area contributed by atoms with Gasteiger partial charge in [0.05, 0.1) is 0 Å². The summed E-state index contributed by atoms with van der Waals surface area (Å²) in [5.74, 6) is 1.17. The van der Waals surface area contributed by atoms with E-state index in [9.17, 15) is 4.79 Å². The third-order valence-corrected chi connectivity index (χ3v) is 5.20. The van der Waals surface area contributed by atoms with Crippen LogP contribution in [0.2, 0.25) is 0 Å². The van der Waals surface area contributed by atoms with Crippen LogP contribution >= 0.6 is 0 Å². The molecule has 4 nitrogen and oxygen atoms in total. The first-order valence-electron chi connectivity index (χ1n) is 8.94. The highest BCUT2D eigenvalue weighted by atomic mass is 16.6. The number of benzene rings is 1. The third-order valence-electron chi connectivity index (χ3n) is 5.20. The summed E-state index contributed by atoms with van der Waals surface area (Å²) in [4.78, 5) is 14.0. The van der Waals surface area contributed by atoms with Crippen LogP contribution in [0.4, 0.5) is 4.79 Å². The summed E-state index contributed by atoms with van der Waals surface area (Å²) in [6.45, 7) is 14.8. The van der Waals surface area contributed by atoms with Crippen LogP contribution in [0.5, 0.6) is 0 Å². The lowest BCUT2D eigenvalue weighted by Crippen LogP contribution is -2.39. The second kappa shape index (κ2) is 6.07. The number of likely N-dealkylation sites (tertiary alicyclic amines) is 1. The summed E-state index contributed by atoms with van der Waals surface area (Å²) in [7, 11) is 0. The molecule has 1 aromatic carbocycles. The van der Waals surface area contributed by atoms with Crippen LogP contribution in [0.3, 0.4) is 0 Å². The molecule has 0 bridgehead atoms. The van der Waals surface area contributed by atoms with Crippen molar-refractivity contribution in [3.63, 3.8) is 0 Å². The molecule has 1 saturated carbocycles. The van der Waals surface area contributed by atoms with Crippen molar-refractivity contribution in [2.45, 2.75) is 59.7 Å². The number of carbonyl (C=O) groups is 1. The smallest absolute Gasteiger partial charge is 0.410 e. The number of piperidine rings is 1. The van der Waals surface area contributed by atoms with Crippen LogP contribution in [0.25, 0.3) is 0 Å². The van der Waals surface area contributed by atoms with Crippen LogP contribution < -0.4 is 5.32 Å². The van der Waals surface area contributed by atoms with E-state index in [0.717, 1.165) is 19.6 Å². The second-order valence-corrected chi connectivity index (χ2v) is 8.50. The fraction of sp³-hybridized carbons (Fsp3) is 0.650. The van der Waals surface area contributed by atoms with Crippen molar-refractivity contribution in [3.05, 3.63) is 34.4 Å².